The van der Waals surface area contributed by atoms with Crippen LogP contribution < -0.4 is 0 Å². The Morgan fingerprint density at radius 2 is 1.52 bits per heavy atom. The van der Waals surface area contributed by atoms with Crippen LogP contribution in [0.1, 0.15) is 40.7 Å². The molecule has 2 aliphatic carbocycles. The Balaban J connectivity index is 1.74. The van der Waals surface area contributed by atoms with Crippen molar-refractivity contribution in [3.05, 3.63) is 64.2 Å². The van der Waals surface area contributed by atoms with Crippen LogP contribution >= 0.6 is 0 Å². The molecule has 23 heavy (non-hydrogen) atoms. The summed E-state index contributed by atoms with van der Waals surface area (Å²) in [7, 11) is 0. The molecule has 3 aromatic rings. The number of pyridine rings is 1. The van der Waals surface area contributed by atoms with Crippen molar-refractivity contribution in [3.63, 3.8) is 0 Å². The van der Waals surface area contributed by atoms with Gasteiger partial charge in [-0.3, -0.25) is 0 Å². The monoisotopic (exact) mass is 299 g/mol. The van der Waals surface area contributed by atoms with E-state index in [0.29, 0.717) is 0 Å². The van der Waals surface area contributed by atoms with Crippen LogP contribution in [0.3, 0.4) is 0 Å². The Kier molecular flexibility index (Phi) is 2.85. The maximum Gasteiger partial charge on any atom is 0.0744 e. The van der Waals surface area contributed by atoms with Gasteiger partial charge in [0.05, 0.1) is 11.2 Å². The minimum atomic E-state index is 1.12. The fourth-order valence-corrected chi connectivity index (χ4v) is 4.30. The van der Waals surface area contributed by atoms with Gasteiger partial charge in [0.2, 0.25) is 0 Å². The molecule has 0 atom stereocenters. The van der Waals surface area contributed by atoms with Gasteiger partial charge < -0.3 is 0 Å². The van der Waals surface area contributed by atoms with E-state index in [2.05, 4.69) is 43.3 Å². The van der Waals surface area contributed by atoms with Gasteiger partial charge in [-0.1, -0.05) is 17.7 Å². The highest BCUT2D eigenvalue weighted by molar-refractivity contribution is 5.85. The molecular formula is C22H21N. The van der Waals surface area contributed by atoms with Crippen LogP contribution in [0, 0.1) is 6.92 Å². The number of benzene rings is 2. The standard InChI is InChI=1S/C22H21N/c1-14-6-9-21-19(10-14)12-18-8-7-17-11-15-4-2-3-5-16(15)13-20(17)22(18)23-21/h6,9-13H,2-5,7-8H2,1H3. The van der Waals surface area contributed by atoms with E-state index in [1.54, 1.807) is 11.1 Å². The van der Waals surface area contributed by atoms with Crippen LogP contribution in [0.2, 0.25) is 0 Å². The molecule has 0 fully saturated rings. The molecule has 0 N–H and O–H groups in total. The van der Waals surface area contributed by atoms with Gasteiger partial charge >= 0.3 is 0 Å². The summed E-state index contributed by atoms with van der Waals surface area (Å²) in [6, 6.07) is 13.9. The van der Waals surface area contributed by atoms with Crippen molar-refractivity contribution in [2.45, 2.75) is 45.4 Å². The highest BCUT2D eigenvalue weighted by atomic mass is 14.7. The summed E-state index contributed by atoms with van der Waals surface area (Å²) in [6.07, 6.45) is 7.48. The second kappa shape index (κ2) is 4.92. The van der Waals surface area contributed by atoms with Crippen molar-refractivity contribution in [1.82, 2.24) is 4.98 Å². The number of nitrogens with zero attached hydrogens (tertiary/aromatic N) is 1. The molecule has 0 saturated heterocycles. The third kappa shape index (κ3) is 2.10. The SMILES string of the molecule is Cc1ccc2nc3c(cc2c1)CCc1cc2c(cc1-3)CCCC2. The Hall–Kier alpha value is -2.15. The smallest absolute Gasteiger partial charge is 0.0744 e. The minimum absolute atomic E-state index is 1.12. The maximum atomic E-state index is 5.05. The normalized spacial score (nSPS) is 15.9. The molecule has 0 amide bonds. The van der Waals surface area contributed by atoms with E-state index in [1.165, 1.54) is 59.0 Å². The third-order valence-electron chi connectivity index (χ3n) is 5.54. The lowest BCUT2D eigenvalue weighted by Crippen LogP contribution is -2.10. The van der Waals surface area contributed by atoms with Crippen LogP contribution in [0.15, 0.2) is 36.4 Å². The van der Waals surface area contributed by atoms with E-state index in [4.69, 9.17) is 4.98 Å². The third-order valence-corrected chi connectivity index (χ3v) is 5.54. The number of hydrogen-bond acceptors (Lipinski definition) is 1. The molecule has 0 radical (unpaired) electrons. The highest BCUT2D eigenvalue weighted by Crippen LogP contribution is 2.37. The Morgan fingerprint density at radius 1 is 0.739 bits per heavy atom. The van der Waals surface area contributed by atoms with Crippen molar-refractivity contribution in [2.75, 3.05) is 0 Å². The van der Waals surface area contributed by atoms with E-state index in [1.807, 2.05) is 0 Å². The fourth-order valence-electron chi connectivity index (χ4n) is 4.30. The van der Waals surface area contributed by atoms with Gasteiger partial charge in [-0.2, -0.15) is 0 Å². The first kappa shape index (κ1) is 13.3. The Morgan fingerprint density at radius 3 is 2.39 bits per heavy atom. The largest absolute Gasteiger partial charge is 0.247 e. The van der Waals surface area contributed by atoms with Gasteiger partial charge in [-0.25, -0.2) is 4.98 Å². The van der Waals surface area contributed by atoms with Gasteiger partial charge in [0.25, 0.3) is 0 Å². The second-order valence-corrected chi connectivity index (χ2v) is 7.18. The zero-order chi connectivity index (χ0) is 15.4. The maximum absolute atomic E-state index is 5.05. The molecule has 1 heterocycles. The van der Waals surface area contributed by atoms with Crippen LogP contribution in [0.4, 0.5) is 0 Å². The van der Waals surface area contributed by atoms with Crippen LogP contribution in [-0.2, 0) is 25.7 Å². The van der Waals surface area contributed by atoms with Gasteiger partial charge in [-0.15, -0.1) is 0 Å². The summed E-state index contributed by atoms with van der Waals surface area (Å²) >= 11 is 0. The van der Waals surface area contributed by atoms with Gasteiger partial charge in [0.15, 0.2) is 0 Å². The summed E-state index contributed by atoms with van der Waals surface area (Å²) in [5, 5.41) is 1.28. The quantitative estimate of drug-likeness (QED) is 0.557. The topological polar surface area (TPSA) is 12.9 Å². The van der Waals surface area contributed by atoms with Gasteiger partial charge in [0, 0.05) is 10.9 Å². The van der Waals surface area contributed by atoms with Crippen molar-refractivity contribution in [1.29, 1.82) is 0 Å². The average Bonchev–Trinajstić information content (AvgIpc) is 2.58. The van der Waals surface area contributed by atoms with Crippen molar-refractivity contribution >= 4 is 10.9 Å². The lowest BCUT2D eigenvalue weighted by Gasteiger charge is -2.24. The molecule has 114 valence electrons. The molecular weight excluding hydrogens is 278 g/mol. The lowest BCUT2D eigenvalue weighted by molar-refractivity contribution is 0.683. The number of aryl methyl sites for hydroxylation is 5. The predicted molar refractivity (Wildman–Crippen MR) is 96.0 cm³/mol. The second-order valence-electron chi connectivity index (χ2n) is 7.18. The van der Waals surface area contributed by atoms with Crippen molar-refractivity contribution in [3.8, 4) is 11.3 Å². The van der Waals surface area contributed by atoms with Crippen molar-refractivity contribution in [2.24, 2.45) is 0 Å². The Bertz CT molecular complexity index is 936. The summed E-state index contributed by atoms with van der Waals surface area (Å²) in [4.78, 5) is 5.05. The molecule has 0 saturated carbocycles. The van der Waals surface area contributed by atoms with Crippen LogP contribution in [0.5, 0.6) is 0 Å². The molecule has 1 heteroatoms. The zero-order valence-corrected chi connectivity index (χ0v) is 13.7. The number of aromatic nitrogens is 1. The molecule has 2 aliphatic rings. The Labute approximate surface area is 137 Å². The van der Waals surface area contributed by atoms with Crippen LogP contribution in [-0.4, -0.2) is 4.98 Å². The lowest BCUT2D eigenvalue weighted by atomic mass is 9.82. The first-order valence-electron chi connectivity index (χ1n) is 8.83. The molecule has 0 spiro atoms. The summed E-state index contributed by atoms with van der Waals surface area (Å²) in [6.45, 7) is 2.15. The predicted octanol–water partition coefficient (Wildman–Crippen LogP) is 5.19. The van der Waals surface area contributed by atoms with E-state index < -0.39 is 0 Å². The summed E-state index contributed by atoms with van der Waals surface area (Å²) < 4.78 is 0. The van der Waals surface area contributed by atoms with E-state index in [9.17, 15) is 0 Å². The van der Waals surface area contributed by atoms with E-state index in [-0.39, 0.29) is 0 Å². The molecule has 2 aromatic carbocycles. The van der Waals surface area contributed by atoms with Crippen molar-refractivity contribution < 1.29 is 0 Å². The van der Waals surface area contributed by atoms with Gasteiger partial charge in [-0.05, 0) is 92.0 Å². The molecule has 1 nitrogen and oxygen atoms in total. The fraction of sp³-hybridized carbons (Fsp3) is 0.318. The first-order valence-corrected chi connectivity index (χ1v) is 8.83. The average molecular weight is 299 g/mol. The molecule has 0 aliphatic heterocycles. The highest BCUT2D eigenvalue weighted by Gasteiger charge is 2.21. The van der Waals surface area contributed by atoms with E-state index >= 15 is 0 Å². The molecule has 1 aromatic heterocycles. The molecule has 0 unspecified atom stereocenters. The minimum Gasteiger partial charge on any atom is -0.247 e. The molecule has 5 rings (SSSR count). The first-order chi connectivity index (χ1) is 11.3. The molecule has 0 bridgehead atoms. The van der Waals surface area contributed by atoms with Gasteiger partial charge in [0.1, 0.15) is 0 Å². The van der Waals surface area contributed by atoms with E-state index in [0.717, 1.165) is 18.4 Å². The van der Waals surface area contributed by atoms with Crippen LogP contribution in [0.25, 0.3) is 22.2 Å². The number of rotatable bonds is 0. The summed E-state index contributed by atoms with van der Waals surface area (Å²) in [5.74, 6) is 0. The summed E-state index contributed by atoms with van der Waals surface area (Å²) in [5.41, 5.74) is 11.2. The number of hydrogen-bond donors (Lipinski definition) is 0. The zero-order valence-electron chi connectivity index (χ0n) is 13.7. The number of fused-ring (bicyclic) bond motifs is 5.